The van der Waals surface area contributed by atoms with Crippen molar-refractivity contribution in [2.45, 2.75) is 46.1 Å². The first-order valence-corrected chi connectivity index (χ1v) is 9.24. The van der Waals surface area contributed by atoms with Gasteiger partial charge in [-0.1, -0.05) is 12.1 Å². The number of imidazole rings is 1. The standard InChI is InChI=1S/C22H24N4O/c1-14-7-8-16(9-10-22(3,4)27)12-17(14)20-24-13-19-15(2)25-18-6-5-11-23-21(18)26(19)20/h5-8,11-13,27H,9-10H2,1-4H3. The highest BCUT2D eigenvalue weighted by Crippen LogP contribution is 2.28. The molecule has 1 aromatic carbocycles. The molecule has 3 heterocycles. The number of hydrogen-bond donors (Lipinski definition) is 1. The molecule has 0 aliphatic rings. The fourth-order valence-electron chi connectivity index (χ4n) is 3.41. The lowest BCUT2D eigenvalue weighted by Gasteiger charge is -2.17. The Kier molecular flexibility index (Phi) is 4.19. The Morgan fingerprint density at radius 3 is 2.70 bits per heavy atom. The molecule has 0 spiro atoms. The Labute approximate surface area is 158 Å². The smallest absolute Gasteiger partial charge is 0.164 e. The van der Waals surface area contributed by atoms with Crippen molar-refractivity contribution >= 4 is 16.7 Å². The lowest BCUT2D eigenvalue weighted by molar-refractivity contribution is 0.0714. The van der Waals surface area contributed by atoms with E-state index in [2.05, 4.69) is 39.5 Å². The van der Waals surface area contributed by atoms with Gasteiger partial charge in [-0.3, -0.25) is 4.40 Å². The van der Waals surface area contributed by atoms with Crippen molar-refractivity contribution in [2.24, 2.45) is 0 Å². The number of hydrogen-bond acceptors (Lipinski definition) is 4. The average molecular weight is 360 g/mol. The number of aromatic nitrogens is 4. The minimum atomic E-state index is -0.673. The molecule has 0 aliphatic carbocycles. The second-order valence-corrected chi connectivity index (χ2v) is 7.81. The van der Waals surface area contributed by atoms with Crippen LogP contribution in [-0.4, -0.2) is 30.1 Å². The first-order valence-electron chi connectivity index (χ1n) is 9.24. The summed E-state index contributed by atoms with van der Waals surface area (Å²) in [5.41, 5.74) is 6.34. The van der Waals surface area contributed by atoms with E-state index in [9.17, 15) is 5.11 Å². The highest BCUT2D eigenvalue weighted by molar-refractivity contribution is 5.80. The van der Waals surface area contributed by atoms with Crippen LogP contribution in [0.4, 0.5) is 0 Å². The van der Waals surface area contributed by atoms with Crippen molar-refractivity contribution in [1.82, 2.24) is 19.4 Å². The second-order valence-electron chi connectivity index (χ2n) is 7.81. The van der Waals surface area contributed by atoms with Crippen LogP contribution in [0.15, 0.2) is 42.7 Å². The van der Waals surface area contributed by atoms with Crippen molar-refractivity contribution in [1.29, 1.82) is 0 Å². The maximum atomic E-state index is 10.0. The molecule has 138 valence electrons. The fourth-order valence-corrected chi connectivity index (χ4v) is 3.41. The summed E-state index contributed by atoms with van der Waals surface area (Å²) < 4.78 is 2.10. The predicted molar refractivity (Wildman–Crippen MR) is 108 cm³/mol. The van der Waals surface area contributed by atoms with E-state index in [4.69, 9.17) is 4.98 Å². The Morgan fingerprint density at radius 2 is 1.93 bits per heavy atom. The van der Waals surface area contributed by atoms with Crippen LogP contribution >= 0.6 is 0 Å². The van der Waals surface area contributed by atoms with Crippen LogP contribution in [0.1, 0.15) is 37.1 Å². The molecular weight excluding hydrogens is 336 g/mol. The van der Waals surface area contributed by atoms with Crippen LogP contribution in [0.3, 0.4) is 0 Å². The first kappa shape index (κ1) is 17.6. The quantitative estimate of drug-likeness (QED) is 0.590. The molecular formula is C22H24N4O. The van der Waals surface area contributed by atoms with Gasteiger partial charge in [0.1, 0.15) is 11.3 Å². The minimum absolute atomic E-state index is 0.673. The summed E-state index contributed by atoms with van der Waals surface area (Å²) in [4.78, 5) is 13.9. The molecule has 0 amide bonds. The second kappa shape index (κ2) is 6.43. The molecule has 4 rings (SSSR count). The van der Waals surface area contributed by atoms with E-state index in [1.807, 2.05) is 39.1 Å². The number of benzene rings is 1. The molecule has 4 aromatic rings. The molecule has 1 N–H and O–H groups in total. The first-order chi connectivity index (χ1) is 12.8. The number of fused-ring (bicyclic) bond motifs is 3. The molecule has 0 saturated carbocycles. The zero-order valence-electron chi connectivity index (χ0n) is 16.2. The number of pyridine rings is 1. The van der Waals surface area contributed by atoms with E-state index in [1.165, 1.54) is 5.56 Å². The van der Waals surface area contributed by atoms with Gasteiger partial charge in [-0.2, -0.15) is 0 Å². The molecule has 0 unspecified atom stereocenters. The van der Waals surface area contributed by atoms with Gasteiger partial charge < -0.3 is 5.11 Å². The molecule has 5 nitrogen and oxygen atoms in total. The van der Waals surface area contributed by atoms with Gasteiger partial charge in [-0.25, -0.2) is 15.0 Å². The fraction of sp³-hybridized carbons (Fsp3) is 0.318. The van der Waals surface area contributed by atoms with Gasteiger partial charge in [0.15, 0.2) is 5.65 Å². The van der Waals surface area contributed by atoms with Gasteiger partial charge in [0.2, 0.25) is 0 Å². The van der Waals surface area contributed by atoms with Crippen molar-refractivity contribution in [3.63, 3.8) is 0 Å². The normalized spacial score (nSPS) is 12.2. The summed E-state index contributed by atoms with van der Waals surface area (Å²) >= 11 is 0. The van der Waals surface area contributed by atoms with Crippen LogP contribution < -0.4 is 0 Å². The van der Waals surface area contributed by atoms with E-state index < -0.39 is 5.60 Å². The van der Waals surface area contributed by atoms with Crippen molar-refractivity contribution in [2.75, 3.05) is 0 Å². The minimum Gasteiger partial charge on any atom is -0.390 e. The zero-order valence-corrected chi connectivity index (χ0v) is 16.2. The number of rotatable bonds is 4. The number of aryl methyl sites for hydroxylation is 3. The third-order valence-corrected chi connectivity index (χ3v) is 4.97. The summed E-state index contributed by atoms with van der Waals surface area (Å²) in [5.74, 6) is 0.877. The molecule has 3 aromatic heterocycles. The summed E-state index contributed by atoms with van der Waals surface area (Å²) in [6.07, 6.45) is 5.19. The maximum Gasteiger partial charge on any atom is 0.164 e. The van der Waals surface area contributed by atoms with E-state index >= 15 is 0 Å². The van der Waals surface area contributed by atoms with Crippen LogP contribution in [0, 0.1) is 13.8 Å². The van der Waals surface area contributed by atoms with E-state index in [0.29, 0.717) is 6.42 Å². The molecule has 0 aliphatic heterocycles. The van der Waals surface area contributed by atoms with Crippen LogP contribution in [0.2, 0.25) is 0 Å². The highest BCUT2D eigenvalue weighted by Gasteiger charge is 2.17. The van der Waals surface area contributed by atoms with Crippen LogP contribution in [0.5, 0.6) is 0 Å². The third-order valence-electron chi connectivity index (χ3n) is 4.97. The average Bonchev–Trinajstić information content (AvgIpc) is 3.06. The molecule has 27 heavy (non-hydrogen) atoms. The number of nitrogens with zero attached hydrogens (tertiary/aromatic N) is 4. The maximum absolute atomic E-state index is 10.0. The van der Waals surface area contributed by atoms with Crippen molar-refractivity contribution in [3.8, 4) is 11.4 Å². The topological polar surface area (TPSA) is 63.3 Å². The van der Waals surface area contributed by atoms with E-state index in [0.717, 1.165) is 45.7 Å². The molecule has 0 atom stereocenters. The molecule has 0 radical (unpaired) electrons. The Hall–Kier alpha value is -2.79. The third kappa shape index (κ3) is 3.30. The summed E-state index contributed by atoms with van der Waals surface area (Å²) in [7, 11) is 0. The van der Waals surface area contributed by atoms with Gasteiger partial charge >= 0.3 is 0 Å². The van der Waals surface area contributed by atoms with Gasteiger partial charge in [-0.15, -0.1) is 0 Å². The Morgan fingerprint density at radius 1 is 1.11 bits per heavy atom. The lowest BCUT2D eigenvalue weighted by Crippen LogP contribution is -2.19. The summed E-state index contributed by atoms with van der Waals surface area (Å²) in [6, 6.07) is 10.3. The summed E-state index contributed by atoms with van der Waals surface area (Å²) in [6.45, 7) is 7.79. The summed E-state index contributed by atoms with van der Waals surface area (Å²) in [5, 5.41) is 10.0. The Balaban J connectivity index is 1.90. The monoisotopic (exact) mass is 360 g/mol. The molecule has 0 bridgehead atoms. The van der Waals surface area contributed by atoms with E-state index in [-0.39, 0.29) is 0 Å². The van der Waals surface area contributed by atoms with Gasteiger partial charge in [0.25, 0.3) is 0 Å². The predicted octanol–water partition coefficient (Wildman–Crippen LogP) is 4.26. The SMILES string of the molecule is Cc1ccc(CCC(C)(C)O)cc1-c1ncc2c(C)nc3cccnc3n12. The van der Waals surface area contributed by atoms with Crippen molar-refractivity contribution < 1.29 is 5.11 Å². The zero-order chi connectivity index (χ0) is 19.2. The van der Waals surface area contributed by atoms with Gasteiger partial charge in [0, 0.05) is 11.8 Å². The number of aliphatic hydroxyl groups is 1. The van der Waals surface area contributed by atoms with Gasteiger partial charge in [-0.05, 0) is 69.9 Å². The van der Waals surface area contributed by atoms with E-state index in [1.54, 1.807) is 6.20 Å². The Bertz CT molecular complexity index is 1140. The van der Waals surface area contributed by atoms with Crippen molar-refractivity contribution in [3.05, 3.63) is 59.5 Å². The highest BCUT2D eigenvalue weighted by atomic mass is 16.3. The largest absolute Gasteiger partial charge is 0.390 e. The molecule has 0 fully saturated rings. The van der Waals surface area contributed by atoms with Crippen LogP contribution in [0.25, 0.3) is 28.1 Å². The van der Waals surface area contributed by atoms with Gasteiger partial charge in [0.05, 0.1) is 23.0 Å². The van der Waals surface area contributed by atoms with Crippen LogP contribution in [-0.2, 0) is 6.42 Å². The molecule has 0 saturated heterocycles. The molecule has 5 heteroatoms. The lowest BCUT2D eigenvalue weighted by atomic mass is 9.96.